The first-order chi connectivity index (χ1) is 10.2. The molecule has 0 heterocycles. The number of aliphatic hydroxyl groups excluding tert-OH is 1. The summed E-state index contributed by atoms with van der Waals surface area (Å²) in [5.74, 6) is 0. The molecule has 0 aliphatic carbocycles. The minimum atomic E-state index is -0.395. The van der Waals surface area contributed by atoms with Crippen molar-refractivity contribution in [2.75, 3.05) is 54.0 Å². The molecule has 0 saturated heterocycles. The van der Waals surface area contributed by atoms with Gasteiger partial charge in [-0.15, -0.1) is 0 Å². The number of nitrogens with zero attached hydrogens (tertiary/aromatic N) is 1. The molecule has 128 valence electrons. The molecular weight excluding hydrogens is 266 g/mol. The molecule has 0 saturated carbocycles. The Balaban J connectivity index is 4.01. The number of rotatable bonds is 15. The zero-order chi connectivity index (χ0) is 15.9. The lowest BCUT2D eigenvalue weighted by atomic mass is 10.1. The van der Waals surface area contributed by atoms with Crippen molar-refractivity contribution in [2.45, 2.75) is 51.2 Å². The summed E-state index contributed by atoms with van der Waals surface area (Å²) < 4.78 is 5.50. The van der Waals surface area contributed by atoms with E-state index in [0.717, 1.165) is 51.8 Å². The summed E-state index contributed by atoms with van der Waals surface area (Å²) in [7, 11) is 6.08. The van der Waals surface area contributed by atoms with E-state index in [2.05, 4.69) is 29.5 Å². The summed E-state index contributed by atoms with van der Waals surface area (Å²) in [6.45, 7) is 6.08. The summed E-state index contributed by atoms with van der Waals surface area (Å²) in [4.78, 5) is 2.28. The largest absolute Gasteiger partial charge is 0.389 e. The van der Waals surface area contributed by atoms with Gasteiger partial charge in [-0.05, 0) is 59.9 Å². The Labute approximate surface area is 131 Å². The van der Waals surface area contributed by atoms with Gasteiger partial charge in [0, 0.05) is 19.2 Å². The highest BCUT2D eigenvalue weighted by Crippen LogP contribution is 2.10. The van der Waals surface area contributed by atoms with E-state index in [1.807, 2.05) is 14.1 Å². The highest BCUT2D eigenvalue weighted by molar-refractivity contribution is 4.73. The van der Waals surface area contributed by atoms with Gasteiger partial charge >= 0.3 is 0 Å². The fourth-order valence-electron chi connectivity index (χ4n) is 2.41. The fraction of sp³-hybridized carbons (Fsp3) is 1.00. The monoisotopic (exact) mass is 303 g/mol. The quantitative estimate of drug-likeness (QED) is 0.395. The Bertz CT molecular complexity index is 218. The van der Waals surface area contributed by atoms with Gasteiger partial charge in [0.1, 0.15) is 0 Å². The zero-order valence-electron chi connectivity index (χ0n) is 14.5. The SMILES string of the molecule is CCCCOCC(O)CN(C)C(CCCNC)CCNC. The Morgan fingerprint density at radius 1 is 1.10 bits per heavy atom. The van der Waals surface area contributed by atoms with Crippen LogP contribution in [-0.2, 0) is 4.74 Å². The minimum Gasteiger partial charge on any atom is -0.389 e. The molecule has 0 spiro atoms. The highest BCUT2D eigenvalue weighted by atomic mass is 16.5. The molecule has 21 heavy (non-hydrogen) atoms. The maximum atomic E-state index is 10.1. The summed E-state index contributed by atoms with van der Waals surface area (Å²) >= 11 is 0. The van der Waals surface area contributed by atoms with E-state index in [9.17, 15) is 5.11 Å². The molecule has 0 aliphatic rings. The van der Waals surface area contributed by atoms with Crippen LogP contribution in [0.4, 0.5) is 0 Å². The molecule has 0 bridgehead atoms. The number of aliphatic hydroxyl groups is 1. The van der Waals surface area contributed by atoms with Crippen LogP contribution >= 0.6 is 0 Å². The summed E-state index contributed by atoms with van der Waals surface area (Å²) in [5.41, 5.74) is 0. The first kappa shape index (κ1) is 20.8. The van der Waals surface area contributed by atoms with E-state index >= 15 is 0 Å². The van der Waals surface area contributed by atoms with Crippen LogP contribution in [-0.4, -0.2) is 76.1 Å². The lowest BCUT2D eigenvalue weighted by Gasteiger charge is -2.30. The maximum absolute atomic E-state index is 10.1. The van der Waals surface area contributed by atoms with Crippen LogP contribution < -0.4 is 10.6 Å². The third-order valence-electron chi connectivity index (χ3n) is 3.77. The van der Waals surface area contributed by atoms with Crippen molar-refractivity contribution < 1.29 is 9.84 Å². The van der Waals surface area contributed by atoms with E-state index in [0.29, 0.717) is 19.2 Å². The second-order valence-corrected chi connectivity index (χ2v) is 5.81. The molecule has 3 N–H and O–H groups in total. The Hall–Kier alpha value is -0.200. The molecule has 0 amide bonds. The average molecular weight is 303 g/mol. The van der Waals surface area contributed by atoms with E-state index in [4.69, 9.17) is 4.74 Å². The maximum Gasteiger partial charge on any atom is 0.0900 e. The lowest BCUT2D eigenvalue weighted by Crippen LogP contribution is -2.40. The van der Waals surface area contributed by atoms with Crippen molar-refractivity contribution in [3.8, 4) is 0 Å². The second-order valence-electron chi connectivity index (χ2n) is 5.81. The Kier molecular flexibility index (Phi) is 14.6. The van der Waals surface area contributed by atoms with Crippen molar-refractivity contribution in [3.63, 3.8) is 0 Å². The summed E-state index contributed by atoms with van der Waals surface area (Å²) in [5, 5.41) is 16.5. The number of hydrogen-bond donors (Lipinski definition) is 3. The van der Waals surface area contributed by atoms with Crippen molar-refractivity contribution in [3.05, 3.63) is 0 Å². The first-order valence-corrected chi connectivity index (χ1v) is 8.40. The minimum absolute atomic E-state index is 0.395. The Morgan fingerprint density at radius 2 is 1.81 bits per heavy atom. The van der Waals surface area contributed by atoms with Gasteiger partial charge in [-0.3, -0.25) is 0 Å². The van der Waals surface area contributed by atoms with Crippen LogP contribution in [0.5, 0.6) is 0 Å². The van der Waals surface area contributed by atoms with Crippen molar-refractivity contribution >= 4 is 0 Å². The summed E-state index contributed by atoms with van der Waals surface area (Å²) in [6, 6.07) is 0.510. The van der Waals surface area contributed by atoms with Gasteiger partial charge in [0.25, 0.3) is 0 Å². The van der Waals surface area contributed by atoms with Gasteiger partial charge in [0.05, 0.1) is 12.7 Å². The molecule has 0 aromatic heterocycles. The highest BCUT2D eigenvalue weighted by Gasteiger charge is 2.17. The normalized spacial score (nSPS) is 14.6. The number of hydrogen-bond acceptors (Lipinski definition) is 5. The summed E-state index contributed by atoms with van der Waals surface area (Å²) in [6.07, 6.45) is 5.24. The van der Waals surface area contributed by atoms with Gasteiger partial charge < -0.3 is 25.4 Å². The van der Waals surface area contributed by atoms with Crippen LogP contribution in [0.25, 0.3) is 0 Å². The number of unbranched alkanes of at least 4 members (excludes halogenated alkanes) is 1. The molecule has 2 unspecified atom stereocenters. The van der Waals surface area contributed by atoms with Gasteiger partial charge in [0.15, 0.2) is 0 Å². The molecule has 0 aromatic rings. The van der Waals surface area contributed by atoms with E-state index in [1.165, 1.54) is 0 Å². The van der Waals surface area contributed by atoms with E-state index < -0.39 is 6.10 Å². The molecule has 2 atom stereocenters. The fourth-order valence-corrected chi connectivity index (χ4v) is 2.41. The predicted octanol–water partition coefficient (Wildman–Crippen LogP) is 1.07. The van der Waals surface area contributed by atoms with E-state index in [-0.39, 0.29) is 0 Å². The van der Waals surface area contributed by atoms with Crippen LogP contribution in [0.3, 0.4) is 0 Å². The van der Waals surface area contributed by atoms with Gasteiger partial charge in [-0.1, -0.05) is 13.3 Å². The van der Waals surface area contributed by atoms with Crippen LogP contribution in [0.1, 0.15) is 39.0 Å². The first-order valence-electron chi connectivity index (χ1n) is 8.40. The molecule has 0 rings (SSSR count). The van der Waals surface area contributed by atoms with Gasteiger partial charge in [-0.25, -0.2) is 0 Å². The zero-order valence-corrected chi connectivity index (χ0v) is 14.5. The second kappa shape index (κ2) is 14.7. The topological polar surface area (TPSA) is 56.8 Å². The molecule has 5 heteroatoms. The molecule has 5 nitrogen and oxygen atoms in total. The molecule has 0 aromatic carbocycles. The van der Waals surface area contributed by atoms with Crippen LogP contribution in [0.15, 0.2) is 0 Å². The third-order valence-corrected chi connectivity index (χ3v) is 3.77. The van der Waals surface area contributed by atoms with Crippen molar-refractivity contribution in [1.82, 2.24) is 15.5 Å². The van der Waals surface area contributed by atoms with Crippen LogP contribution in [0.2, 0.25) is 0 Å². The molecular formula is C16H37N3O2. The third kappa shape index (κ3) is 12.1. The van der Waals surface area contributed by atoms with Crippen molar-refractivity contribution in [1.29, 1.82) is 0 Å². The van der Waals surface area contributed by atoms with Gasteiger partial charge in [0.2, 0.25) is 0 Å². The van der Waals surface area contributed by atoms with E-state index in [1.54, 1.807) is 0 Å². The smallest absolute Gasteiger partial charge is 0.0900 e. The number of ether oxygens (including phenoxy) is 1. The van der Waals surface area contributed by atoms with Gasteiger partial charge in [-0.2, -0.15) is 0 Å². The van der Waals surface area contributed by atoms with Crippen LogP contribution in [0, 0.1) is 0 Å². The number of nitrogens with one attached hydrogen (secondary N) is 2. The molecule has 0 aliphatic heterocycles. The standard InChI is InChI=1S/C16H37N3O2/c1-5-6-12-21-14-16(20)13-19(4)15(9-11-18-3)8-7-10-17-2/h15-18,20H,5-14H2,1-4H3. The van der Waals surface area contributed by atoms with Crippen molar-refractivity contribution in [2.24, 2.45) is 0 Å². The predicted molar refractivity (Wildman–Crippen MR) is 89.9 cm³/mol. The lowest BCUT2D eigenvalue weighted by molar-refractivity contribution is 0.0119. The average Bonchev–Trinajstić information content (AvgIpc) is 2.47. The number of likely N-dealkylation sites (N-methyl/N-ethyl adjacent to an activating group) is 1. The molecule has 0 fully saturated rings. The Morgan fingerprint density at radius 3 is 2.43 bits per heavy atom. The molecule has 0 radical (unpaired) electrons.